The quantitative estimate of drug-likeness (QED) is 0.637. The lowest BCUT2D eigenvalue weighted by Gasteiger charge is -2.33. The fraction of sp³-hybridized carbons (Fsp3) is 0.643. The molecule has 1 unspecified atom stereocenters. The van der Waals surface area contributed by atoms with E-state index in [2.05, 4.69) is 12.1 Å². The number of carbonyl (C=O) groups is 1. The highest BCUT2D eigenvalue weighted by molar-refractivity contribution is 6.02. The number of hydrogen-bond donors (Lipinski definition) is 0. The van der Waals surface area contributed by atoms with Gasteiger partial charge in [-0.05, 0) is 25.2 Å². The molecule has 0 aromatic rings. The van der Waals surface area contributed by atoms with Gasteiger partial charge in [-0.1, -0.05) is 18.4 Å². The van der Waals surface area contributed by atoms with Crippen molar-refractivity contribution >= 4 is 5.78 Å². The second kappa shape index (κ2) is 3.44. The van der Waals surface area contributed by atoms with E-state index in [-0.39, 0.29) is 11.7 Å². The third-order valence-corrected chi connectivity index (χ3v) is 4.74. The second-order valence-corrected chi connectivity index (χ2v) is 5.35. The Morgan fingerprint density at radius 1 is 1.12 bits per heavy atom. The van der Waals surface area contributed by atoms with E-state index >= 15 is 0 Å². The molecule has 1 saturated carbocycles. The summed E-state index contributed by atoms with van der Waals surface area (Å²) in [6, 6.07) is 4.38. The van der Waals surface area contributed by atoms with Gasteiger partial charge in [-0.2, -0.15) is 10.5 Å². The summed E-state index contributed by atoms with van der Waals surface area (Å²) >= 11 is 0. The van der Waals surface area contributed by atoms with E-state index < -0.39 is 5.41 Å². The first-order chi connectivity index (χ1) is 8.24. The van der Waals surface area contributed by atoms with E-state index in [9.17, 15) is 15.3 Å². The standard InChI is InChI=1S/C14H14N2O/c15-7-14(8-16)11-4-2-1-3-9(11)10-5-6-12(17)13(10)14/h9,11H,1-6H2/t9?,11-/m1/s1. The van der Waals surface area contributed by atoms with Crippen LogP contribution in [-0.2, 0) is 4.79 Å². The lowest BCUT2D eigenvalue weighted by atomic mass is 9.66. The van der Waals surface area contributed by atoms with Crippen LogP contribution in [0.2, 0.25) is 0 Å². The molecular weight excluding hydrogens is 212 g/mol. The van der Waals surface area contributed by atoms with Crippen LogP contribution in [0.5, 0.6) is 0 Å². The van der Waals surface area contributed by atoms with Crippen LogP contribution in [0.25, 0.3) is 0 Å². The zero-order valence-electron chi connectivity index (χ0n) is 9.70. The van der Waals surface area contributed by atoms with Crippen molar-refractivity contribution in [3.05, 3.63) is 11.1 Å². The third kappa shape index (κ3) is 1.12. The zero-order chi connectivity index (χ0) is 12.0. The topological polar surface area (TPSA) is 64.7 Å². The maximum atomic E-state index is 12.0. The van der Waals surface area contributed by atoms with E-state index in [1.54, 1.807) is 0 Å². The van der Waals surface area contributed by atoms with E-state index in [0.29, 0.717) is 17.9 Å². The van der Waals surface area contributed by atoms with Gasteiger partial charge in [0.1, 0.15) is 0 Å². The highest BCUT2D eigenvalue weighted by atomic mass is 16.1. The molecule has 0 N–H and O–H groups in total. The molecule has 3 aliphatic carbocycles. The van der Waals surface area contributed by atoms with Gasteiger partial charge < -0.3 is 0 Å². The molecule has 3 aliphatic rings. The summed E-state index contributed by atoms with van der Waals surface area (Å²) < 4.78 is 0. The van der Waals surface area contributed by atoms with Crippen LogP contribution in [0.3, 0.4) is 0 Å². The minimum Gasteiger partial charge on any atom is -0.294 e. The summed E-state index contributed by atoms with van der Waals surface area (Å²) in [4.78, 5) is 12.0. The Kier molecular flexibility index (Phi) is 2.13. The van der Waals surface area contributed by atoms with Crippen molar-refractivity contribution in [1.82, 2.24) is 0 Å². The monoisotopic (exact) mass is 226 g/mol. The number of nitrogens with zero attached hydrogens (tertiary/aromatic N) is 2. The fourth-order valence-corrected chi connectivity index (χ4v) is 4.08. The number of rotatable bonds is 0. The van der Waals surface area contributed by atoms with Gasteiger partial charge in [0, 0.05) is 17.9 Å². The highest BCUT2D eigenvalue weighted by Gasteiger charge is 2.58. The molecule has 3 heteroatoms. The maximum Gasteiger partial charge on any atom is 0.175 e. The van der Waals surface area contributed by atoms with E-state index in [0.717, 1.165) is 31.3 Å². The Morgan fingerprint density at radius 2 is 1.82 bits per heavy atom. The summed E-state index contributed by atoms with van der Waals surface area (Å²) in [5.74, 6) is 0.475. The van der Waals surface area contributed by atoms with Crippen molar-refractivity contribution in [1.29, 1.82) is 10.5 Å². The van der Waals surface area contributed by atoms with Gasteiger partial charge in [0.05, 0.1) is 12.1 Å². The number of hydrogen-bond acceptors (Lipinski definition) is 3. The van der Waals surface area contributed by atoms with Gasteiger partial charge in [-0.25, -0.2) is 0 Å². The van der Waals surface area contributed by atoms with Crippen molar-refractivity contribution < 1.29 is 4.79 Å². The molecule has 0 aliphatic heterocycles. The van der Waals surface area contributed by atoms with E-state index in [1.165, 1.54) is 6.42 Å². The van der Waals surface area contributed by atoms with Gasteiger partial charge in [0.2, 0.25) is 0 Å². The normalized spacial score (nSPS) is 33.9. The number of fused-ring (bicyclic) bond motifs is 2. The SMILES string of the molecule is N#CC1(C#N)C2=C(CCC2=O)C2CCCC[C@H]21. The first-order valence-corrected chi connectivity index (χ1v) is 6.34. The van der Waals surface area contributed by atoms with Crippen LogP contribution >= 0.6 is 0 Å². The van der Waals surface area contributed by atoms with Gasteiger partial charge in [-0.3, -0.25) is 4.79 Å². The van der Waals surface area contributed by atoms with E-state index in [4.69, 9.17) is 0 Å². The first-order valence-electron chi connectivity index (χ1n) is 6.34. The van der Waals surface area contributed by atoms with Crippen molar-refractivity contribution in [2.45, 2.75) is 38.5 Å². The number of allylic oxidation sites excluding steroid dienone is 2. The molecule has 1 fully saturated rings. The number of nitriles is 2. The fourth-order valence-electron chi connectivity index (χ4n) is 4.08. The molecule has 0 saturated heterocycles. The highest BCUT2D eigenvalue weighted by Crippen LogP contribution is 2.59. The molecule has 3 rings (SSSR count). The van der Waals surface area contributed by atoms with Gasteiger partial charge in [0.25, 0.3) is 0 Å². The molecular formula is C14H14N2O. The molecule has 0 bridgehead atoms. The van der Waals surface area contributed by atoms with Gasteiger partial charge in [0.15, 0.2) is 11.2 Å². The van der Waals surface area contributed by atoms with Crippen molar-refractivity contribution in [2.75, 3.05) is 0 Å². The number of carbonyl (C=O) groups excluding carboxylic acids is 1. The van der Waals surface area contributed by atoms with Crippen LogP contribution in [0, 0.1) is 39.9 Å². The molecule has 0 aromatic heterocycles. The largest absolute Gasteiger partial charge is 0.294 e. The lowest BCUT2D eigenvalue weighted by molar-refractivity contribution is -0.115. The average molecular weight is 226 g/mol. The lowest BCUT2D eigenvalue weighted by Crippen LogP contribution is -2.33. The molecule has 17 heavy (non-hydrogen) atoms. The van der Waals surface area contributed by atoms with Crippen LogP contribution in [0.4, 0.5) is 0 Å². The predicted octanol–water partition coefficient (Wildman–Crippen LogP) is 2.50. The minimum absolute atomic E-state index is 0.0532. The summed E-state index contributed by atoms with van der Waals surface area (Å²) in [6.45, 7) is 0. The van der Waals surface area contributed by atoms with Crippen LogP contribution in [0.15, 0.2) is 11.1 Å². The Bertz CT molecular complexity index is 489. The Labute approximate surface area is 101 Å². The minimum atomic E-state index is -1.12. The third-order valence-electron chi connectivity index (χ3n) is 4.74. The Balaban J connectivity index is 2.17. The van der Waals surface area contributed by atoms with Crippen LogP contribution in [-0.4, -0.2) is 5.78 Å². The molecule has 0 spiro atoms. The van der Waals surface area contributed by atoms with Gasteiger partial charge >= 0.3 is 0 Å². The molecule has 0 aromatic carbocycles. The van der Waals surface area contributed by atoms with Crippen molar-refractivity contribution in [3.63, 3.8) is 0 Å². The summed E-state index contributed by atoms with van der Waals surface area (Å²) in [6.07, 6.45) is 5.54. The number of Topliss-reactive ketones (excluding diaryl/α,β-unsaturated/α-hetero) is 1. The second-order valence-electron chi connectivity index (χ2n) is 5.35. The number of ketones is 1. The summed E-state index contributed by atoms with van der Waals surface area (Å²) in [5.41, 5.74) is 0.635. The first kappa shape index (κ1) is 10.5. The molecule has 2 atom stereocenters. The molecule has 86 valence electrons. The summed E-state index contributed by atoms with van der Waals surface area (Å²) in [5, 5.41) is 18.9. The molecule has 0 radical (unpaired) electrons. The molecule has 0 amide bonds. The van der Waals surface area contributed by atoms with Crippen molar-refractivity contribution in [2.24, 2.45) is 17.3 Å². The smallest absolute Gasteiger partial charge is 0.175 e. The zero-order valence-corrected chi connectivity index (χ0v) is 9.70. The average Bonchev–Trinajstić information content (AvgIpc) is 2.88. The molecule has 0 heterocycles. The molecule has 3 nitrogen and oxygen atoms in total. The summed E-state index contributed by atoms with van der Waals surface area (Å²) in [7, 11) is 0. The van der Waals surface area contributed by atoms with E-state index in [1.807, 2.05) is 0 Å². The van der Waals surface area contributed by atoms with Crippen LogP contribution < -0.4 is 0 Å². The van der Waals surface area contributed by atoms with Crippen molar-refractivity contribution in [3.8, 4) is 12.1 Å². The predicted molar refractivity (Wildman–Crippen MR) is 60.4 cm³/mol. The Hall–Kier alpha value is -1.61. The van der Waals surface area contributed by atoms with Gasteiger partial charge in [-0.15, -0.1) is 0 Å². The maximum absolute atomic E-state index is 12.0. The Morgan fingerprint density at radius 3 is 2.53 bits per heavy atom. The van der Waals surface area contributed by atoms with Crippen LogP contribution in [0.1, 0.15) is 38.5 Å².